The van der Waals surface area contributed by atoms with Gasteiger partial charge in [0.05, 0.1) is 12.0 Å². The van der Waals surface area contributed by atoms with E-state index >= 15 is 0 Å². The van der Waals surface area contributed by atoms with Crippen molar-refractivity contribution < 1.29 is 31.1 Å². The SMILES string of the molecule is COc1ncccc1CNC(=O)c1ccc(S(=O)(=O)C(F)(F)F)cc1. The minimum atomic E-state index is -5.44. The van der Waals surface area contributed by atoms with E-state index in [1.807, 2.05) is 0 Å². The maximum absolute atomic E-state index is 12.5. The minimum Gasteiger partial charge on any atom is -0.481 e. The third kappa shape index (κ3) is 4.08. The van der Waals surface area contributed by atoms with Gasteiger partial charge in [0.25, 0.3) is 15.7 Å². The number of pyridine rings is 1. The van der Waals surface area contributed by atoms with Crippen LogP contribution in [-0.4, -0.2) is 31.9 Å². The third-order valence-electron chi connectivity index (χ3n) is 3.21. The van der Waals surface area contributed by atoms with Gasteiger partial charge in [-0.1, -0.05) is 6.07 Å². The Bertz CT molecular complexity index is 865. The molecule has 0 radical (unpaired) electrons. The number of hydrogen-bond acceptors (Lipinski definition) is 5. The quantitative estimate of drug-likeness (QED) is 0.868. The predicted octanol–water partition coefficient (Wildman–Crippen LogP) is 2.31. The van der Waals surface area contributed by atoms with Crippen molar-refractivity contribution in [1.82, 2.24) is 10.3 Å². The first-order valence-corrected chi connectivity index (χ1v) is 8.32. The van der Waals surface area contributed by atoms with E-state index in [-0.39, 0.29) is 12.1 Å². The Kier molecular flexibility index (Phi) is 5.31. The number of nitrogens with one attached hydrogen (secondary N) is 1. The third-order valence-corrected chi connectivity index (χ3v) is 4.72. The molecule has 0 fully saturated rings. The van der Waals surface area contributed by atoms with Crippen LogP contribution in [0, 0.1) is 0 Å². The van der Waals surface area contributed by atoms with Crippen molar-refractivity contribution in [2.24, 2.45) is 0 Å². The number of aromatic nitrogens is 1. The van der Waals surface area contributed by atoms with Crippen LogP contribution in [0.25, 0.3) is 0 Å². The van der Waals surface area contributed by atoms with Crippen molar-refractivity contribution >= 4 is 15.7 Å². The topological polar surface area (TPSA) is 85.4 Å². The summed E-state index contributed by atoms with van der Waals surface area (Å²) in [6.45, 7) is 0.0818. The average Bonchev–Trinajstić information content (AvgIpc) is 2.59. The van der Waals surface area contributed by atoms with Crippen LogP contribution >= 0.6 is 0 Å². The van der Waals surface area contributed by atoms with E-state index in [2.05, 4.69) is 10.3 Å². The second-order valence-corrected chi connectivity index (χ2v) is 6.77. The molecule has 0 aliphatic carbocycles. The number of hydrogen-bond donors (Lipinski definition) is 1. The highest BCUT2D eigenvalue weighted by Gasteiger charge is 2.46. The molecule has 6 nitrogen and oxygen atoms in total. The van der Waals surface area contributed by atoms with E-state index in [0.717, 1.165) is 24.3 Å². The number of nitrogens with zero attached hydrogens (tertiary/aromatic N) is 1. The maximum atomic E-state index is 12.5. The molecule has 134 valence electrons. The van der Waals surface area contributed by atoms with Gasteiger partial charge in [0.1, 0.15) is 0 Å². The van der Waals surface area contributed by atoms with Crippen LogP contribution in [0.15, 0.2) is 47.5 Å². The Balaban J connectivity index is 2.11. The standard InChI is InChI=1S/C15H13F3N2O4S/c1-24-14-11(3-2-8-19-14)9-20-13(21)10-4-6-12(7-5-10)25(22,23)15(16,17)18/h2-8H,9H2,1H3,(H,20,21). The van der Waals surface area contributed by atoms with Crippen molar-refractivity contribution in [3.63, 3.8) is 0 Å². The van der Waals surface area contributed by atoms with Crippen molar-refractivity contribution in [2.45, 2.75) is 16.9 Å². The van der Waals surface area contributed by atoms with Gasteiger partial charge in [-0.25, -0.2) is 13.4 Å². The summed E-state index contributed by atoms with van der Waals surface area (Å²) in [6.07, 6.45) is 1.52. The number of benzene rings is 1. The first kappa shape index (κ1) is 18.7. The molecule has 1 aromatic heterocycles. The summed E-state index contributed by atoms with van der Waals surface area (Å²) in [5.41, 5.74) is -4.77. The minimum absolute atomic E-state index is 0.0176. The molecule has 0 saturated carbocycles. The molecule has 0 spiro atoms. The van der Waals surface area contributed by atoms with E-state index in [1.54, 1.807) is 12.1 Å². The molecular weight excluding hydrogens is 361 g/mol. The predicted molar refractivity (Wildman–Crippen MR) is 81.6 cm³/mol. The summed E-state index contributed by atoms with van der Waals surface area (Å²) in [6, 6.07) is 6.83. The van der Waals surface area contributed by atoms with Crippen LogP contribution in [0.4, 0.5) is 13.2 Å². The number of ether oxygens (including phenoxy) is 1. The molecule has 1 aromatic carbocycles. The number of methoxy groups -OCH3 is 1. The molecule has 0 bridgehead atoms. The largest absolute Gasteiger partial charge is 0.501 e. The normalized spacial score (nSPS) is 11.8. The molecule has 2 aromatic rings. The van der Waals surface area contributed by atoms with Gasteiger partial charge in [0.2, 0.25) is 5.88 Å². The molecule has 0 aliphatic heterocycles. The van der Waals surface area contributed by atoms with Crippen LogP contribution in [-0.2, 0) is 16.4 Å². The van der Waals surface area contributed by atoms with Crippen LogP contribution in [0.1, 0.15) is 15.9 Å². The maximum Gasteiger partial charge on any atom is 0.501 e. The molecular formula is C15H13F3N2O4S. The van der Waals surface area contributed by atoms with Crippen LogP contribution in [0.5, 0.6) is 5.88 Å². The summed E-state index contributed by atoms with van der Waals surface area (Å²) >= 11 is 0. The molecule has 1 N–H and O–H groups in total. The molecule has 25 heavy (non-hydrogen) atoms. The second-order valence-electron chi connectivity index (χ2n) is 4.83. The Labute approximate surface area is 141 Å². The number of carbonyl (C=O) groups excluding carboxylic acids is 1. The Morgan fingerprint density at radius 3 is 2.40 bits per heavy atom. The highest BCUT2D eigenvalue weighted by molar-refractivity contribution is 7.92. The van der Waals surface area contributed by atoms with Crippen LogP contribution in [0.2, 0.25) is 0 Å². The van der Waals surface area contributed by atoms with Crippen molar-refractivity contribution in [2.75, 3.05) is 7.11 Å². The number of amides is 1. The summed E-state index contributed by atoms with van der Waals surface area (Å²) in [7, 11) is -4.02. The fourth-order valence-corrected chi connectivity index (χ4v) is 2.70. The molecule has 1 heterocycles. The number of carbonyl (C=O) groups is 1. The molecule has 0 atom stereocenters. The fraction of sp³-hybridized carbons (Fsp3) is 0.200. The first-order valence-electron chi connectivity index (χ1n) is 6.84. The van der Waals surface area contributed by atoms with Crippen molar-refractivity contribution in [1.29, 1.82) is 0 Å². The first-order chi connectivity index (χ1) is 11.7. The Hall–Kier alpha value is -2.62. The zero-order valence-corrected chi connectivity index (χ0v) is 13.7. The van der Waals surface area contributed by atoms with Gasteiger partial charge in [-0.3, -0.25) is 4.79 Å². The molecule has 0 unspecified atom stereocenters. The summed E-state index contributed by atoms with van der Waals surface area (Å²) in [4.78, 5) is 15.1. The lowest BCUT2D eigenvalue weighted by Gasteiger charge is -2.10. The van der Waals surface area contributed by atoms with Crippen LogP contribution < -0.4 is 10.1 Å². The van der Waals surface area contributed by atoms with Gasteiger partial charge in [-0.05, 0) is 30.3 Å². The lowest BCUT2D eigenvalue weighted by atomic mass is 10.2. The molecule has 2 rings (SSSR count). The van der Waals surface area contributed by atoms with E-state index < -0.39 is 26.1 Å². The molecule has 0 aliphatic rings. The fourth-order valence-electron chi connectivity index (χ4n) is 1.94. The number of sulfone groups is 1. The lowest BCUT2D eigenvalue weighted by Crippen LogP contribution is -2.24. The van der Waals surface area contributed by atoms with Crippen molar-refractivity contribution in [3.8, 4) is 5.88 Å². The molecule has 1 amide bonds. The Morgan fingerprint density at radius 1 is 1.20 bits per heavy atom. The van der Waals surface area contributed by atoms with Gasteiger partial charge in [-0.2, -0.15) is 13.2 Å². The monoisotopic (exact) mass is 374 g/mol. The molecule has 0 saturated heterocycles. The average molecular weight is 374 g/mol. The lowest BCUT2D eigenvalue weighted by molar-refractivity contribution is -0.0436. The van der Waals surface area contributed by atoms with Crippen molar-refractivity contribution in [3.05, 3.63) is 53.7 Å². The number of alkyl halides is 3. The van der Waals surface area contributed by atoms with E-state index in [4.69, 9.17) is 4.74 Å². The van der Waals surface area contributed by atoms with Gasteiger partial charge in [0.15, 0.2) is 0 Å². The zero-order chi connectivity index (χ0) is 18.7. The van der Waals surface area contributed by atoms with Gasteiger partial charge < -0.3 is 10.1 Å². The smallest absolute Gasteiger partial charge is 0.481 e. The van der Waals surface area contributed by atoms with Gasteiger partial charge in [-0.15, -0.1) is 0 Å². The number of halogens is 3. The van der Waals surface area contributed by atoms with Crippen LogP contribution in [0.3, 0.4) is 0 Å². The van der Waals surface area contributed by atoms with E-state index in [1.165, 1.54) is 13.3 Å². The highest BCUT2D eigenvalue weighted by atomic mass is 32.2. The second kappa shape index (κ2) is 7.09. The van der Waals surface area contributed by atoms with E-state index in [9.17, 15) is 26.4 Å². The summed E-state index contributed by atoms with van der Waals surface area (Å²) in [5, 5.41) is 2.55. The van der Waals surface area contributed by atoms with Gasteiger partial charge in [0, 0.05) is 23.9 Å². The molecule has 10 heteroatoms. The summed E-state index contributed by atoms with van der Waals surface area (Å²) < 4.78 is 65.0. The summed E-state index contributed by atoms with van der Waals surface area (Å²) in [5.74, 6) is -0.253. The highest BCUT2D eigenvalue weighted by Crippen LogP contribution is 2.30. The Morgan fingerprint density at radius 2 is 1.84 bits per heavy atom. The zero-order valence-electron chi connectivity index (χ0n) is 12.9. The van der Waals surface area contributed by atoms with E-state index in [0.29, 0.717) is 11.4 Å². The van der Waals surface area contributed by atoms with Gasteiger partial charge >= 0.3 is 5.51 Å². The number of rotatable bonds is 5.